The molecule has 2 saturated heterocycles. The molecule has 0 radical (unpaired) electrons. The van der Waals surface area contributed by atoms with Crippen molar-refractivity contribution in [1.29, 1.82) is 0 Å². The Labute approximate surface area is 165 Å². The Kier molecular flexibility index (Phi) is 4.76. The quantitative estimate of drug-likeness (QED) is 0.771. The molecule has 0 saturated carbocycles. The molecule has 3 aliphatic heterocycles. The first-order valence-electron chi connectivity index (χ1n) is 9.58. The highest BCUT2D eigenvalue weighted by molar-refractivity contribution is 7.89. The van der Waals surface area contributed by atoms with Gasteiger partial charge in [-0.15, -0.1) is 0 Å². The van der Waals surface area contributed by atoms with Gasteiger partial charge in [-0.05, 0) is 62.9 Å². The summed E-state index contributed by atoms with van der Waals surface area (Å²) in [5, 5.41) is 2.72. The maximum atomic E-state index is 13.1. The number of nitrogens with zero attached hydrogens (tertiary/aromatic N) is 1. The van der Waals surface area contributed by atoms with E-state index in [4.69, 9.17) is 9.47 Å². The van der Waals surface area contributed by atoms with Crippen LogP contribution in [-0.2, 0) is 26.0 Å². The zero-order valence-corrected chi connectivity index (χ0v) is 17.0. The van der Waals surface area contributed by atoms with Crippen LogP contribution in [0.3, 0.4) is 0 Å². The van der Waals surface area contributed by atoms with Crippen molar-refractivity contribution in [3.8, 4) is 5.75 Å². The summed E-state index contributed by atoms with van der Waals surface area (Å²) >= 11 is 0. The van der Waals surface area contributed by atoms with Crippen molar-refractivity contribution in [2.24, 2.45) is 5.92 Å². The van der Waals surface area contributed by atoms with E-state index in [-0.39, 0.29) is 29.8 Å². The van der Waals surface area contributed by atoms with Gasteiger partial charge < -0.3 is 14.8 Å². The van der Waals surface area contributed by atoms with E-state index in [1.54, 1.807) is 18.2 Å². The number of fused-ring (bicyclic) bond motifs is 2. The lowest BCUT2D eigenvalue weighted by Crippen LogP contribution is -2.37. The van der Waals surface area contributed by atoms with E-state index < -0.39 is 10.0 Å². The number of nitrogens with one attached hydrogen (secondary N) is 1. The Morgan fingerprint density at radius 3 is 2.86 bits per heavy atom. The maximum Gasteiger partial charge on any atom is 0.245 e. The zero-order chi connectivity index (χ0) is 20.1. The molecular formula is C20H26N2O5S. The van der Waals surface area contributed by atoms with Crippen molar-refractivity contribution < 1.29 is 22.7 Å². The Morgan fingerprint density at radius 1 is 1.36 bits per heavy atom. The highest BCUT2D eigenvalue weighted by atomic mass is 32.2. The van der Waals surface area contributed by atoms with Gasteiger partial charge in [-0.3, -0.25) is 4.79 Å². The third-order valence-electron chi connectivity index (χ3n) is 5.74. The van der Waals surface area contributed by atoms with E-state index in [1.165, 1.54) is 10.4 Å². The molecule has 28 heavy (non-hydrogen) atoms. The Hall–Kier alpha value is -1.90. The molecule has 4 rings (SSSR count). The predicted octanol–water partition coefficient (Wildman–Crippen LogP) is 1.83. The third-order valence-corrected chi connectivity index (χ3v) is 7.57. The standard InChI is InChI=1S/C20H26N2O5S/c1-4-18(23)21-19-10-14-11-22(12-17(14)26-19)28(24,25)15-5-6-16-13(9-15)7-8-20(2,3)27-16/h4-6,9,14,17,19H,1,7-8,10-12H2,2-3H3,(H,21,23). The van der Waals surface area contributed by atoms with E-state index in [9.17, 15) is 13.2 Å². The molecule has 152 valence electrons. The van der Waals surface area contributed by atoms with Gasteiger partial charge in [0.2, 0.25) is 15.9 Å². The highest BCUT2D eigenvalue weighted by Crippen LogP contribution is 2.37. The molecule has 1 aromatic carbocycles. The number of amides is 1. The molecule has 8 heteroatoms. The lowest BCUT2D eigenvalue weighted by atomic mass is 9.94. The number of benzene rings is 1. The number of rotatable bonds is 4. The fraction of sp³-hybridized carbons (Fsp3) is 0.550. The minimum atomic E-state index is -3.59. The van der Waals surface area contributed by atoms with Crippen molar-refractivity contribution >= 4 is 15.9 Å². The summed E-state index contributed by atoms with van der Waals surface area (Å²) in [5.74, 6) is 0.554. The van der Waals surface area contributed by atoms with Crippen LogP contribution in [0.4, 0.5) is 0 Å². The lowest BCUT2D eigenvalue weighted by Gasteiger charge is -2.32. The molecule has 1 N–H and O–H groups in total. The highest BCUT2D eigenvalue weighted by Gasteiger charge is 2.46. The molecule has 7 nitrogen and oxygen atoms in total. The first-order valence-corrected chi connectivity index (χ1v) is 11.0. The summed E-state index contributed by atoms with van der Waals surface area (Å²) in [6.07, 6.45) is 2.87. The van der Waals surface area contributed by atoms with Gasteiger partial charge in [-0.1, -0.05) is 6.58 Å². The molecule has 0 aliphatic carbocycles. The van der Waals surface area contributed by atoms with Gasteiger partial charge in [0, 0.05) is 19.0 Å². The summed E-state index contributed by atoms with van der Waals surface area (Å²) in [5.41, 5.74) is 0.706. The van der Waals surface area contributed by atoms with Crippen LogP contribution in [0.2, 0.25) is 0 Å². The average molecular weight is 407 g/mol. The largest absolute Gasteiger partial charge is 0.488 e. The number of hydrogen-bond donors (Lipinski definition) is 1. The van der Waals surface area contributed by atoms with E-state index in [1.807, 2.05) is 13.8 Å². The van der Waals surface area contributed by atoms with Crippen molar-refractivity contribution in [3.63, 3.8) is 0 Å². The number of aryl methyl sites for hydroxylation is 1. The summed E-state index contributed by atoms with van der Waals surface area (Å²) in [4.78, 5) is 11.7. The summed E-state index contributed by atoms with van der Waals surface area (Å²) in [6.45, 7) is 8.20. The topological polar surface area (TPSA) is 84.9 Å². The molecule has 3 atom stereocenters. The molecule has 1 amide bonds. The molecule has 3 aliphatic rings. The third kappa shape index (κ3) is 3.56. The van der Waals surface area contributed by atoms with Gasteiger partial charge in [0.15, 0.2) is 0 Å². The second kappa shape index (κ2) is 6.86. The van der Waals surface area contributed by atoms with Crippen LogP contribution in [0.1, 0.15) is 32.3 Å². The van der Waals surface area contributed by atoms with E-state index >= 15 is 0 Å². The van der Waals surface area contributed by atoms with Crippen LogP contribution < -0.4 is 10.1 Å². The van der Waals surface area contributed by atoms with Crippen LogP contribution in [0.25, 0.3) is 0 Å². The second-order valence-electron chi connectivity index (χ2n) is 8.32. The Balaban J connectivity index is 1.46. The molecular weight excluding hydrogens is 380 g/mol. The molecule has 0 aromatic heterocycles. The smallest absolute Gasteiger partial charge is 0.245 e. The van der Waals surface area contributed by atoms with Crippen molar-refractivity contribution in [2.75, 3.05) is 13.1 Å². The van der Waals surface area contributed by atoms with Crippen LogP contribution in [0.15, 0.2) is 35.7 Å². The maximum absolute atomic E-state index is 13.1. The molecule has 0 bridgehead atoms. The van der Waals surface area contributed by atoms with Crippen molar-refractivity contribution in [3.05, 3.63) is 36.4 Å². The molecule has 0 spiro atoms. The minimum Gasteiger partial charge on any atom is -0.488 e. The first kappa shape index (κ1) is 19.4. The fourth-order valence-electron chi connectivity index (χ4n) is 4.18. The molecule has 3 unspecified atom stereocenters. The van der Waals surface area contributed by atoms with Crippen molar-refractivity contribution in [2.45, 2.75) is 55.9 Å². The lowest BCUT2D eigenvalue weighted by molar-refractivity contribution is -0.120. The summed E-state index contributed by atoms with van der Waals surface area (Å²) in [6, 6.07) is 5.12. The predicted molar refractivity (Wildman–Crippen MR) is 103 cm³/mol. The zero-order valence-electron chi connectivity index (χ0n) is 16.2. The van der Waals surface area contributed by atoms with Crippen molar-refractivity contribution in [1.82, 2.24) is 9.62 Å². The van der Waals surface area contributed by atoms with Gasteiger partial charge in [0.1, 0.15) is 17.6 Å². The number of carbonyl (C=O) groups is 1. The van der Waals surface area contributed by atoms with Crippen LogP contribution in [-0.4, -0.2) is 49.7 Å². The fourth-order valence-corrected chi connectivity index (χ4v) is 5.74. The normalized spacial score (nSPS) is 28.9. The van der Waals surface area contributed by atoms with Gasteiger partial charge in [-0.2, -0.15) is 4.31 Å². The van der Waals surface area contributed by atoms with E-state index in [0.29, 0.717) is 24.4 Å². The number of sulfonamides is 1. The number of carbonyl (C=O) groups excluding carboxylic acids is 1. The van der Waals surface area contributed by atoms with Gasteiger partial charge in [0.05, 0.1) is 11.0 Å². The number of ether oxygens (including phenoxy) is 2. The molecule has 3 heterocycles. The monoisotopic (exact) mass is 406 g/mol. The second-order valence-corrected chi connectivity index (χ2v) is 10.3. The first-order chi connectivity index (χ1) is 13.2. The van der Waals surface area contributed by atoms with Gasteiger partial charge in [-0.25, -0.2) is 8.42 Å². The SMILES string of the molecule is C=CC(=O)NC1CC2CN(S(=O)(=O)c3ccc4c(c3)CCC(C)(C)O4)CC2O1. The van der Waals surface area contributed by atoms with Crippen LogP contribution >= 0.6 is 0 Å². The minimum absolute atomic E-state index is 0.0756. The van der Waals surface area contributed by atoms with Crippen LogP contribution in [0.5, 0.6) is 5.75 Å². The molecule has 1 aromatic rings. The summed E-state index contributed by atoms with van der Waals surface area (Å²) in [7, 11) is -3.59. The molecule has 2 fully saturated rings. The Bertz CT molecular complexity index is 897. The van der Waals surface area contributed by atoms with Crippen LogP contribution in [0, 0.1) is 5.92 Å². The number of hydrogen-bond acceptors (Lipinski definition) is 5. The average Bonchev–Trinajstić information content (AvgIpc) is 3.19. The van der Waals surface area contributed by atoms with E-state index in [0.717, 1.165) is 24.2 Å². The Morgan fingerprint density at radius 2 is 2.14 bits per heavy atom. The van der Waals surface area contributed by atoms with E-state index in [2.05, 4.69) is 11.9 Å². The van der Waals surface area contributed by atoms with Gasteiger partial charge in [0.25, 0.3) is 0 Å². The van der Waals surface area contributed by atoms with Gasteiger partial charge >= 0.3 is 0 Å². The summed E-state index contributed by atoms with van der Waals surface area (Å²) < 4.78 is 39.5.